The Balaban J connectivity index is 2.29. The van der Waals surface area contributed by atoms with Crippen LogP contribution in [0.25, 0.3) is 0 Å². The second-order valence-corrected chi connectivity index (χ2v) is 5.58. The molecule has 0 saturated carbocycles. The summed E-state index contributed by atoms with van der Waals surface area (Å²) in [5.74, 6) is 0.806. The van der Waals surface area contributed by atoms with Crippen molar-refractivity contribution in [3.05, 3.63) is 24.5 Å². The van der Waals surface area contributed by atoms with Crippen LogP contribution >= 0.6 is 0 Å². The van der Waals surface area contributed by atoms with Crippen LogP contribution in [0.4, 0.5) is 0 Å². The van der Waals surface area contributed by atoms with Crippen molar-refractivity contribution in [2.75, 3.05) is 13.2 Å². The number of rotatable bonds is 7. The molecule has 0 radical (unpaired) electrons. The Labute approximate surface area is 110 Å². The van der Waals surface area contributed by atoms with E-state index in [0.29, 0.717) is 6.61 Å². The molecule has 18 heavy (non-hydrogen) atoms. The van der Waals surface area contributed by atoms with Crippen molar-refractivity contribution < 1.29 is 4.74 Å². The van der Waals surface area contributed by atoms with Gasteiger partial charge in [0.15, 0.2) is 5.75 Å². The highest BCUT2D eigenvalue weighted by atomic mass is 16.5. The van der Waals surface area contributed by atoms with E-state index in [1.54, 1.807) is 6.20 Å². The molecule has 4 heteroatoms. The number of ether oxygens (including phenoxy) is 1. The van der Waals surface area contributed by atoms with Gasteiger partial charge in [0.05, 0.1) is 12.4 Å². The molecule has 0 saturated heterocycles. The fourth-order valence-electron chi connectivity index (χ4n) is 1.40. The van der Waals surface area contributed by atoms with Crippen molar-refractivity contribution in [3.63, 3.8) is 0 Å². The summed E-state index contributed by atoms with van der Waals surface area (Å²) in [6.07, 6.45) is 4.75. The normalized spacial score (nSPS) is 11.6. The second kappa shape index (κ2) is 6.59. The molecule has 0 bridgehead atoms. The minimum atomic E-state index is 0.106. The van der Waals surface area contributed by atoms with Crippen molar-refractivity contribution >= 4 is 0 Å². The molecule has 0 atom stereocenters. The lowest BCUT2D eigenvalue weighted by Gasteiger charge is -2.21. The first-order valence-electron chi connectivity index (χ1n) is 6.47. The lowest BCUT2D eigenvalue weighted by Crippen LogP contribution is -2.37. The zero-order chi connectivity index (χ0) is 13.6. The van der Waals surface area contributed by atoms with Crippen LogP contribution in [-0.4, -0.2) is 28.5 Å². The molecule has 0 unspecified atom stereocenters. The number of aromatic nitrogens is 2. The molecule has 1 aromatic heterocycles. The van der Waals surface area contributed by atoms with Gasteiger partial charge in [-0.05, 0) is 32.8 Å². The first kappa shape index (κ1) is 14.8. The van der Waals surface area contributed by atoms with E-state index in [1.165, 1.54) is 0 Å². The fraction of sp³-hybridized carbons (Fsp3) is 0.643. The number of hydrogen-bond donors (Lipinski definition) is 1. The number of aryl methyl sites for hydroxylation is 1. The van der Waals surface area contributed by atoms with Gasteiger partial charge in [0.2, 0.25) is 0 Å². The zero-order valence-corrected chi connectivity index (χ0v) is 12.0. The lowest BCUT2D eigenvalue weighted by molar-refractivity contribution is 0.341. The van der Waals surface area contributed by atoms with Gasteiger partial charge < -0.3 is 10.1 Å². The van der Waals surface area contributed by atoms with Gasteiger partial charge in [-0.3, -0.25) is 4.68 Å². The molecule has 0 aliphatic carbocycles. The summed E-state index contributed by atoms with van der Waals surface area (Å²) >= 11 is 0. The molecule has 4 nitrogen and oxygen atoms in total. The van der Waals surface area contributed by atoms with E-state index in [9.17, 15) is 0 Å². The van der Waals surface area contributed by atoms with Gasteiger partial charge in [-0.15, -0.1) is 0 Å². The largest absolute Gasteiger partial charge is 0.486 e. The van der Waals surface area contributed by atoms with E-state index in [2.05, 4.69) is 44.7 Å². The Bertz CT molecular complexity index is 377. The summed E-state index contributed by atoms with van der Waals surface area (Å²) in [5, 5.41) is 7.60. The zero-order valence-electron chi connectivity index (χ0n) is 12.0. The number of hydrogen-bond acceptors (Lipinski definition) is 3. The van der Waals surface area contributed by atoms with Gasteiger partial charge in [-0.2, -0.15) is 5.10 Å². The van der Waals surface area contributed by atoms with Crippen molar-refractivity contribution in [2.45, 2.75) is 46.2 Å². The minimum Gasteiger partial charge on any atom is -0.486 e. The van der Waals surface area contributed by atoms with Gasteiger partial charge in [-0.1, -0.05) is 13.5 Å². The minimum absolute atomic E-state index is 0.106. The molecule has 0 spiro atoms. The van der Waals surface area contributed by atoms with Gasteiger partial charge in [0.1, 0.15) is 6.61 Å². The molecule has 1 aromatic rings. The van der Waals surface area contributed by atoms with Gasteiger partial charge in [-0.25, -0.2) is 0 Å². The predicted octanol–water partition coefficient (Wildman–Crippen LogP) is 2.62. The monoisotopic (exact) mass is 251 g/mol. The van der Waals surface area contributed by atoms with Crippen LogP contribution in [-0.2, 0) is 6.54 Å². The third-order valence-corrected chi connectivity index (χ3v) is 2.37. The Morgan fingerprint density at radius 3 is 2.83 bits per heavy atom. The fourth-order valence-corrected chi connectivity index (χ4v) is 1.40. The Hall–Kier alpha value is -1.29. The maximum Gasteiger partial charge on any atom is 0.157 e. The van der Waals surface area contributed by atoms with Gasteiger partial charge in [0, 0.05) is 18.6 Å². The topological polar surface area (TPSA) is 39.1 Å². The SMILES string of the molecule is C=C(CNC(C)(C)C)COc1cnn(CCC)c1. The van der Waals surface area contributed by atoms with Crippen molar-refractivity contribution in [1.82, 2.24) is 15.1 Å². The quantitative estimate of drug-likeness (QED) is 0.757. The molecular formula is C14H25N3O. The predicted molar refractivity (Wildman–Crippen MR) is 74.9 cm³/mol. The summed E-state index contributed by atoms with van der Waals surface area (Å²) in [7, 11) is 0. The third kappa shape index (κ3) is 5.87. The molecule has 0 amide bonds. The highest BCUT2D eigenvalue weighted by Crippen LogP contribution is 2.10. The van der Waals surface area contributed by atoms with E-state index in [4.69, 9.17) is 4.74 Å². The standard InChI is InChI=1S/C14H25N3O/c1-6-7-17-10-13(9-16-17)18-11-12(2)8-15-14(3,4)5/h9-10,15H,2,6-8,11H2,1,3-5H3. The number of nitrogens with one attached hydrogen (secondary N) is 1. The van der Waals surface area contributed by atoms with E-state index < -0.39 is 0 Å². The van der Waals surface area contributed by atoms with Gasteiger partial charge >= 0.3 is 0 Å². The first-order chi connectivity index (χ1) is 8.40. The summed E-state index contributed by atoms with van der Waals surface area (Å²) in [6.45, 7) is 14.8. The van der Waals surface area contributed by atoms with Crippen molar-refractivity contribution in [1.29, 1.82) is 0 Å². The highest BCUT2D eigenvalue weighted by molar-refractivity contribution is 5.13. The average molecular weight is 251 g/mol. The maximum atomic E-state index is 5.64. The second-order valence-electron chi connectivity index (χ2n) is 5.58. The van der Waals surface area contributed by atoms with Crippen LogP contribution in [0.15, 0.2) is 24.5 Å². The van der Waals surface area contributed by atoms with E-state index in [0.717, 1.165) is 30.8 Å². The summed E-state index contributed by atoms with van der Waals surface area (Å²) in [4.78, 5) is 0. The van der Waals surface area contributed by atoms with Crippen LogP contribution in [0.5, 0.6) is 5.75 Å². The maximum absolute atomic E-state index is 5.64. The molecule has 1 N–H and O–H groups in total. The van der Waals surface area contributed by atoms with Gasteiger partial charge in [0.25, 0.3) is 0 Å². The van der Waals surface area contributed by atoms with Crippen LogP contribution in [0.3, 0.4) is 0 Å². The summed E-state index contributed by atoms with van der Waals surface area (Å²) < 4.78 is 7.53. The lowest BCUT2D eigenvalue weighted by atomic mass is 10.1. The summed E-state index contributed by atoms with van der Waals surface area (Å²) in [6, 6.07) is 0. The first-order valence-corrected chi connectivity index (χ1v) is 6.47. The van der Waals surface area contributed by atoms with Crippen LogP contribution < -0.4 is 10.1 Å². The van der Waals surface area contributed by atoms with Crippen molar-refractivity contribution in [2.24, 2.45) is 0 Å². The van der Waals surface area contributed by atoms with E-state index in [1.807, 2.05) is 10.9 Å². The average Bonchev–Trinajstić information content (AvgIpc) is 2.71. The smallest absolute Gasteiger partial charge is 0.157 e. The molecule has 0 aromatic carbocycles. The molecule has 0 aliphatic heterocycles. The third-order valence-electron chi connectivity index (χ3n) is 2.37. The molecule has 0 aliphatic rings. The summed E-state index contributed by atoms with van der Waals surface area (Å²) in [5.41, 5.74) is 1.14. The van der Waals surface area contributed by atoms with Crippen LogP contribution in [0, 0.1) is 0 Å². The molecule has 0 fully saturated rings. The molecular weight excluding hydrogens is 226 g/mol. The Kier molecular flexibility index (Phi) is 5.41. The molecule has 1 rings (SSSR count). The molecule has 1 heterocycles. The van der Waals surface area contributed by atoms with Crippen molar-refractivity contribution in [3.8, 4) is 5.75 Å². The Morgan fingerprint density at radius 1 is 1.50 bits per heavy atom. The van der Waals surface area contributed by atoms with E-state index in [-0.39, 0.29) is 5.54 Å². The van der Waals surface area contributed by atoms with E-state index >= 15 is 0 Å². The highest BCUT2D eigenvalue weighted by Gasteiger charge is 2.09. The van der Waals surface area contributed by atoms with Crippen LogP contribution in [0.1, 0.15) is 34.1 Å². The number of nitrogens with zero attached hydrogens (tertiary/aromatic N) is 2. The molecule has 102 valence electrons. The Morgan fingerprint density at radius 2 is 2.22 bits per heavy atom. The van der Waals surface area contributed by atoms with Crippen LogP contribution in [0.2, 0.25) is 0 Å².